The molecule has 2 heteroatoms. The third kappa shape index (κ3) is 8.02. The summed E-state index contributed by atoms with van der Waals surface area (Å²) < 4.78 is 0. The van der Waals surface area contributed by atoms with E-state index in [0.717, 1.165) is 6.54 Å². The van der Waals surface area contributed by atoms with Gasteiger partial charge in [-0.05, 0) is 85.3 Å². The normalized spacial score (nSPS) is 14.2. The van der Waals surface area contributed by atoms with Gasteiger partial charge in [0.25, 0.3) is 0 Å². The smallest absolute Gasteiger partial charge is 0.0474 e. The molecule has 0 heterocycles. The van der Waals surface area contributed by atoms with E-state index in [0.29, 0.717) is 23.6 Å². The summed E-state index contributed by atoms with van der Waals surface area (Å²) >= 11 is 5.97. The van der Waals surface area contributed by atoms with Gasteiger partial charge in [-0.2, -0.15) is 0 Å². The van der Waals surface area contributed by atoms with Crippen LogP contribution in [0.2, 0.25) is 0 Å². The predicted molar refractivity (Wildman–Crippen MR) is 144 cm³/mol. The van der Waals surface area contributed by atoms with Crippen molar-refractivity contribution in [2.45, 2.75) is 69.7 Å². The van der Waals surface area contributed by atoms with Gasteiger partial charge in [0, 0.05) is 12.4 Å². The maximum Gasteiger partial charge on any atom is 0.0474 e. The number of alkyl halides is 1. The summed E-state index contributed by atoms with van der Waals surface area (Å²) in [5, 5.41) is 0. The molecule has 0 aliphatic heterocycles. The fraction of sp³-hybridized carbons (Fsp3) is 0.419. The first-order chi connectivity index (χ1) is 16.0. The SMILES string of the molecule is CC(CCC(CCC(C)c1ccc(CCl)cc1)c1ccc(CN(C)C)cc1)c1ccccc1. The molecule has 1 nitrogen and oxygen atoms in total. The van der Waals surface area contributed by atoms with Gasteiger partial charge < -0.3 is 4.90 Å². The molecule has 0 bridgehead atoms. The molecule has 3 aromatic rings. The standard InChI is InChI=1S/C31H40ClN/c1-24(28-8-6-5-7-9-28)10-16-30(31-20-14-27(15-21-31)23-33(3)4)17-11-25(2)29-18-12-26(22-32)13-19-29/h5-9,12-15,18-21,24-25,30H,10-11,16-17,22-23H2,1-4H3. The molecule has 3 atom stereocenters. The highest BCUT2D eigenvalue weighted by Crippen LogP contribution is 2.34. The molecule has 3 rings (SSSR count). The third-order valence-corrected chi connectivity index (χ3v) is 7.23. The Morgan fingerprint density at radius 2 is 1.09 bits per heavy atom. The largest absolute Gasteiger partial charge is 0.305 e. The average Bonchev–Trinajstić information content (AvgIpc) is 2.84. The molecule has 0 fully saturated rings. The maximum absolute atomic E-state index is 5.97. The molecule has 0 aromatic heterocycles. The van der Waals surface area contributed by atoms with Crippen LogP contribution in [0.15, 0.2) is 78.9 Å². The topological polar surface area (TPSA) is 3.24 Å². The lowest BCUT2D eigenvalue weighted by Crippen LogP contribution is -2.11. The Morgan fingerprint density at radius 3 is 1.61 bits per heavy atom. The minimum absolute atomic E-state index is 0.552. The highest BCUT2D eigenvalue weighted by Gasteiger charge is 2.17. The first-order valence-corrected chi connectivity index (χ1v) is 12.9. The van der Waals surface area contributed by atoms with Crippen molar-refractivity contribution in [3.05, 3.63) is 107 Å². The van der Waals surface area contributed by atoms with Gasteiger partial charge >= 0.3 is 0 Å². The van der Waals surface area contributed by atoms with Crippen LogP contribution in [0.5, 0.6) is 0 Å². The molecule has 0 amide bonds. The Morgan fingerprint density at radius 1 is 0.606 bits per heavy atom. The molecule has 176 valence electrons. The van der Waals surface area contributed by atoms with Crippen molar-refractivity contribution in [3.8, 4) is 0 Å². The zero-order valence-electron chi connectivity index (χ0n) is 20.8. The van der Waals surface area contributed by atoms with Crippen LogP contribution in [0.4, 0.5) is 0 Å². The van der Waals surface area contributed by atoms with Crippen molar-refractivity contribution in [1.82, 2.24) is 4.90 Å². The van der Waals surface area contributed by atoms with Crippen LogP contribution in [0.3, 0.4) is 0 Å². The van der Waals surface area contributed by atoms with E-state index in [2.05, 4.69) is 112 Å². The Balaban J connectivity index is 1.68. The van der Waals surface area contributed by atoms with E-state index in [1.54, 1.807) is 0 Å². The van der Waals surface area contributed by atoms with Crippen molar-refractivity contribution in [3.63, 3.8) is 0 Å². The zero-order chi connectivity index (χ0) is 23.6. The van der Waals surface area contributed by atoms with Gasteiger partial charge in [-0.25, -0.2) is 0 Å². The minimum Gasteiger partial charge on any atom is -0.305 e. The number of halogens is 1. The summed E-state index contributed by atoms with van der Waals surface area (Å²) in [4.78, 5) is 2.23. The van der Waals surface area contributed by atoms with Gasteiger partial charge in [0.15, 0.2) is 0 Å². The molecule has 0 aliphatic carbocycles. The number of rotatable bonds is 12. The Labute approximate surface area is 206 Å². The molecule has 0 aliphatic rings. The second-order valence-corrected chi connectivity index (χ2v) is 10.2. The summed E-state index contributed by atoms with van der Waals surface area (Å²) in [7, 11) is 4.26. The molecule has 3 aromatic carbocycles. The molecule has 0 spiro atoms. The average molecular weight is 462 g/mol. The summed E-state index contributed by atoms with van der Waals surface area (Å²) in [5.74, 6) is 2.31. The van der Waals surface area contributed by atoms with Crippen LogP contribution in [-0.2, 0) is 12.4 Å². The van der Waals surface area contributed by atoms with Gasteiger partial charge in [0.1, 0.15) is 0 Å². The minimum atomic E-state index is 0.552. The van der Waals surface area contributed by atoms with E-state index in [1.165, 1.54) is 53.5 Å². The van der Waals surface area contributed by atoms with Crippen LogP contribution in [0, 0.1) is 0 Å². The van der Waals surface area contributed by atoms with Crippen LogP contribution >= 0.6 is 11.6 Å². The van der Waals surface area contributed by atoms with E-state index in [1.807, 2.05) is 0 Å². The van der Waals surface area contributed by atoms with Crippen molar-refractivity contribution in [2.75, 3.05) is 14.1 Å². The highest BCUT2D eigenvalue weighted by atomic mass is 35.5. The number of nitrogens with zero attached hydrogens (tertiary/aromatic N) is 1. The summed E-state index contributed by atoms with van der Waals surface area (Å²) in [5.41, 5.74) is 6.93. The monoisotopic (exact) mass is 461 g/mol. The Kier molecular flexibility index (Phi) is 10.0. The number of hydrogen-bond acceptors (Lipinski definition) is 1. The van der Waals surface area contributed by atoms with Crippen LogP contribution in [0.1, 0.15) is 85.1 Å². The highest BCUT2D eigenvalue weighted by molar-refractivity contribution is 6.17. The number of hydrogen-bond donors (Lipinski definition) is 0. The zero-order valence-corrected chi connectivity index (χ0v) is 21.6. The molecule has 3 unspecified atom stereocenters. The fourth-order valence-electron chi connectivity index (χ4n) is 4.69. The molecule has 0 N–H and O–H groups in total. The summed E-state index contributed by atoms with van der Waals surface area (Å²) in [6, 6.07) is 29.2. The Bertz CT molecular complexity index is 931. The third-order valence-electron chi connectivity index (χ3n) is 6.92. The molecular formula is C31H40ClN. The van der Waals surface area contributed by atoms with Crippen LogP contribution < -0.4 is 0 Å². The van der Waals surface area contributed by atoms with Gasteiger partial charge in [-0.15, -0.1) is 11.6 Å². The molecule has 33 heavy (non-hydrogen) atoms. The molecule has 0 radical (unpaired) electrons. The lowest BCUT2D eigenvalue weighted by Gasteiger charge is -2.23. The van der Waals surface area contributed by atoms with Crippen LogP contribution in [0.25, 0.3) is 0 Å². The second-order valence-electron chi connectivity index (χ2n) is 9.92. The lowest BCUT2D eigenvalue weighted by molar-refractivity contribution is 0.402. The van der Waals surface area contributed by atoms with Crippen molar-refractivity contribution in [2.24, 2.45) is 0 Å². The van der Waals surface area contributed by atoms with Crippen molar-refractivity contribution >= 4 is 11.6 Å². The van der Waals surface area contributed by atoms with Crippen molar-refractivity contribution in [1.29, 1.82) is 0 Å². The van der Waals surface area contributed by atoms with E-state index in [9.17, 15) is 0 Å². The van der Waals surface area contributed by atoms with E-state index in [-0.39, 0.29) is 0 Å². The summed E-state index contributed by atoms with van der Waals surface area (Å²) in [6.45, 7) is 5.72. The fourth-order valence-corrected chi connectivity index (χ4v) is 4.87. The molecule has 0 saturated heterocycles. The van der Waals surface area contributed by atoms with Gasteiger partial charge in [-0.3, -0.25) is 0 Å². The van der Waals surface area contributed by atoms with E-state index in [4.69, 9.17) is 11.6 Å². The maximum atomic E-state index is 5.97. The second kappa shape index (κ2) is 13.0. The quantitative estimate of drug-likeness (QED) is 0.243. The Hall–Kier alpha value is -2.09. The van der Waals surface area contributed by atoms with Crippen LogP contribution in [-0.4, -0.2) is 19.0 Å². The summed E-state index contributed by atoms with van der Waals surface area (Å²) in [6.07, 6.45) is 4.85. The lowest BCUT2D eigenvalue weighted by atomic mass is 9.83. The van der Waals surface area contributed by atoms with Gasteiger partial charge in [0.05, 0.1) is 0 Å². The van der Waals surface area contributed by atoms with E-state index >= 15 is 0 Å². The number of benzene rings is 3. The molecular weight excluding hydrogens is 422 g/mol. The van der Waals surface area contributed by atoms with Gasteiger partial charge in [0.2, 0.25) is 0 Å². The van der Waals surface area contributed by atoms with E-state index < -0.39 is 0 Å². The predicted octanol–water partition coefficient (Wildman–Crippen LogP) is 8.74. The molecule has 0 saturated carbocycles. The first kappa shape index (κ1) is 25.5. The first-order valence-electron chi connectivity index (χ1n) is 12.4. The van der Waals surface area contributed by atoms with Crippen molar-refractivity contribution < 1.29 is 0 Å². The van der Waals surface area contributed by atoms with Gasteiger partial charge in [-0.1, -0.05) is 92.7 Å².